The number of hydrogen-bond acceptors (Lipinski definition) is 4. The maximum absolute atomic E-state index is 11.8. The quantitative estimate of drug-likeness (QED) is 0.937. The molecule has 5 heteroatoms. The fraction of sp³-hybridized carbons (Fsp3) is 0.357. The maximum atomic E-state index is 11.8. The van der Waals surface area contributed by atoms with Crippen LogP contribution in [-0.2, 0) is 11.3 Å². The van der Waals surface area contributed by atoms with Crippen molar-refractivity contribution in [2.45, 2.75) is 27.3 Å². The number of hydrogen-bond donors (Lipinski definition) is 1. The highest BCUT2D eigenvalue weighted by Gasteiger charge is 2.20. The van der Waals surface area contributed by atoms with Crippen LogP contribution in [0.1, 0.15) is 26.5 Å². The van der Waals surface area contributed by atoms with E-state index in [-0.39, 0.29) is 11.3 Å². The summed E-state index contributed by atoms with van der Waals surface area (Å²) in [6.07, 6.45) is 3.53. The van der Waals surface area contributed by atoms with Gasteiger partial charge in [-0.2, -0.15) is 0 Å². The number of nitrogens with zero attached hydrogens (tertiary/aromatic N) is 2. The van der Waals surface area contributed by atoms with E-state index in [2.05, 4.69) is 15.3 Å². The van der Waals surface area contributed by atoms with Crippen molar-refractivity contribution in [3.05, 3.63) is 35.6 Å². The van der Waals surface area contributed by atoms with Gasteiger partial charge in [-0.15, -0.1) is 11.3 Å². The summed E-state index contributed by atoms with van der Waals surface area (Å²) >= 11 is 1.56. The molecule has 100 valence electrons. The molecule has 2 aromatic rings. The van der Waals surface area contributed by atoms with Gasteiger partial charge in [0.2, 0.25) is 5.91 Å². The second-order valence-corrected chi connectivity index (χ2v) is 6.18. The van der Waals surface area contributed by atoms with E-state index in [4.69, 9.17) is 0 Å². The van der Waals surface area contributed by atoms with Gasteiger partial charge in [-0.25, -0.2) is 4.98 Å². The predicted molar refractivity (Wildman–Crippen MR) is 76.6 cm³/mol. The van der Waals surface area contributed by atoms with Crippen molar-refractivity contribution < 1.29 is 4.79 Å². The Morgan fingerprint density at radius 3 is 2.84 bits per heavy atom. The van der Waals surface area contributed by atoms with Crippen molar-refractivity contribution in [1.29, 1.82) is 0 Å². The van der Waals surface area contributed by atoms with Gasteiger partial charge in [0.1, 0.15) is 5.01 Å². The molecule has 0 aliphatic rings. The molecule has 0 saturated carbocycles. The van der Waals surface area contributed by atoms with Crippen LogP contribution < -0.4 is 5.32 Å². The van der Waals surface area contributed by atoms with Gasteiger partial charge in [-0.3, -0.25) is 9.78 Å². The maximum Gasteiger partial charge on any atom is 0.225 e. The minimum absolute atomic E-state index is 0.0310. The smallest absolute Gasteiger partial charge is 0.225 e. The highest BCUT2D eigenvalue weighted by molar-refractivity contribution is 7.13. The summed E-state index contributed by atoms with van der Waals surface area (Å²) < 4.78 is 0. The summed E-state index contributed by atoms with van der Waals surface area (Å²) in [5.41, 5.74) is 1.50. The monoisotopic (exact) mass is 275 g/mol. The molecule has 0 bridgehead atoms. The molecule has 2 aromatic heterocycles. The predicted octanol–water partition coefficient (Wildman–Crippen LogP) is 2.87. The fourth-order valence-electron chi connectivity index (χ4n) is 1.45. The van der Waals surface area contributed by atoms with E-state index in [9.17, 15) is 4.79 Å². The second kappa shape index (κ2) is 5.48. The van der Waals surface area contributed by atoms with Gasteiger partial charge >= 0.3 is 0 Å². The Labute approximate surface area is 116 Å². The van der Waals surface area contributed by atoms with Gasteiger partial charge in [0, 0.05) is 28.8 Å². The van der Waals surface area contributed by atoms with Crippen LogP contribution in [-0.4, -0.2) is 15.9 Å². The highest BCUT2D eigenvalue weighted by atomic mass is 32.1. The molecule has 0 unspecified atom stereocenters. The zero-order valence-electron chi connectivity index (χ0n) is 11.3. The van der Waals surface area contributed by atoms with E-state index in [1.54, 1.807) is 23.7 Å². The van der Waals surface area contributed by atoms with E-state index in [1.165, 1.54) is 0 Å². The minimum atomic E-state index is -0.373. The van der Waals surface area contributed by atoms with Crippen LogP contribution in [0.15, 0.2) is 29.9 Å². The molecule has 0 aromatic carbocycles. The van der Waals surface area contributed by atoms with Crippen molar-refractivity contribution in [3.8, 4) is 10.6 Å². The number of carbonyl (C=O) groups is 1. The van der Waals surface area contributed by atoms with Gasteiger partial charge in [-0.1, -0.05) is 20.8 Å². The lowest BCUT2D eigenvalue weighted by atomic mass is 9.96. The van der Waals surface area contributed by atoms with Gasteiger partial charge in [0.25, 0.3) is 0 Å². The number of carbonyl (C=O) groups excluding carboxylic acids is 1. The Morgan fingerprint density at radius 1 is 1.42 bits per heavy atom. The average Bonchev–Trinajstić information content (AvgIpc) is 2.84. The summed E-state index contributed by atoms with van der Waals surface area (Å²) in [5, 5.41) is 5.78. The summed E-state index contributed by atoms with van der Waals surface area (Å²) in [6.45, 7) is 6.15. The molecule has 0 saturated heterocycles. The molecular weight excluding hydrogens is 258 g/mol. The van der Waals surface area contributed by atoms with Crippen molar-refractivity contribution in [2.24, 2.45) is 5.41 Å². The molecule has 1 N–H and O–H groups in total. The van der Waals surface area contributed by atoms with Gasteiger partial charge in [0.05, 0.1) is 12.2 Å². The van der Waals surface area contributed by atoms with E-state index in [0.29, 0.717) is 6.54 Å². The topological polar surface area (TPSA) is 54.9 Å². The molecule has 1 amide bonds. The van der Waals surface area contributed by atoms with Crippen molar-refractivity contribution in [1.82, 2.24) is 15.3 Å². The Morgan fingerprint density at radius 2 is 2.21 bits per heavy atom. The Kier molecular flexibility index (Phi) is 3.95. The molecule has 2 heterocycles. The Balaban J connectivity index is 2.01. The van der Waals surface area contributed by atoms with Crippen LogP contribution >= 0.6 is 11.3 Å². The van der Waals surface area contributed by atoms with E-state index in [0.717, 1.165) is 16.3 Å². The van der Waals surface area contributed by atoms with Crippen LogP contribution in [0, 0.1) is 5.41 Å². The molecular formula is C14H17N3OS. The number of pyridine rings is 1. The van der Waals surface area contributed by atoms with E-state index < -0.39 is 0 Å². The van der Waals surface area contributed by atoms with Crippen LogP contribution in [0.4, 0.5) is 0 Å². The lowest BCUT2D eigenvalue weighted by Crippen LogP contribution is -2.34. The molecule has 0 aliphatic heterocycles. The van der Waals surface area contributed by atoms with Crippen molar-refractivity contribution >= 4 is 17.2 Å². The molecule has 0 radical (unpaired) electrons. The standard InChI is InChI=1S/C14H17N3OS/c1-14(2,3)13(18)16-8-11-9-19-12(17-11)10-5-4-6-15-7-10/h4-7,9H,8H2,1-3H3,(H,16,18). The lowest BCUT2D eigenvalue weighted by molar-refractivity contribution is -0.128. The SMILES string of the molecule is CC(C)(C)C(=O)NCc1csc(-c2cccnc2)n1. The fourth-order valence-corrected chi connectivity index (χ4v) is 2.26. The van der Waals surface area contributed by atoms with Crippen LogP contribution in [0.3, 0.4) is 0 Å². The number of thiazole rings is 1. The lowest BCUT2D eigenvalue weighted by Gasteiger charge is -2.16. The molecule has 2 rings (SSSR count). The Bertz CT molecular complexity index is 558. The molecule has 19 heavy (non-hydrogen) atoms. The molecule has 0 fully saturated rings. The molecule has 4 nitrogen and oxygen atoms in total. The first-order valence-corrected chi connectivity index (χ1v) is 6.98. The first-order chi connectivity index (χ1) is 8.97. The van der Waals surface area contributed by atoms with Crippen molar-refractivity contribution in [3.63, 3.8) is 0 Å². The van der Waals surface area contributed by atoms with E-state index >= 15 is 0 Å². The van der Waals surface area contributed by atoms with E-state index in [1.807, 2.05) is 38.3 Å². The molecule has 0 aliphatic carbocycles. The van der Waals surface area contributed by atoms with Crippen LogP contribution in [0.2, 0.25) is 0 Å². The normalized spacial score (nSPS) is 11.3. The van der Waals surface area contributed by atoms with Crippen LogP contribution in [0.5, 0.6) is 0 Å². The largest absolute Gasteiger partial charge is 0.350 e. The van der Waals surface area contributed by atoms with Gasteiger partial charge in [0.15, 0.2) is 0 Å². The molecule has 0 atom stereocenters. The average molecular weight is 275 g/mol. The number of nitrogens with one attached hydrogen (secondary N) is 1. The number of rotatable bonds is 3. The number of aromatic nitrogens is 2. The summed E-state index contributed by atoms with van der Waals surface area (Å²) in [7, 11) is 0. The Hall–Kier alpha value is -1.75. The summed E-state index contributed by atoms with van der Waals surface area (Å²) in [6, 6.07) is 3.86. The third-order valence-electron chi connectivity index (χ3n) is 2.57. The highest BCUT2D eigenvalue weighted by Crippen LogP contribution is 2.22. The zero-order valence-corrected chi connectivity index (χ0v) is 12.1. The van der Waals surface area contributed by atoms with Gasteiger partial charge in [-0.05, 0) is 12.1 Å². The third kappa shape index (κ3) is 3.61. The third-order valence-corrected chi connectivity index (χ3v) is 3.51. The minimum Gasteiger partial charge on any atom is -0.350 e. The number of amides is 1. The second-order valence-electron chi connectivity index (χ2n) is 5.32. The van der Waals surface area contributed by atoms with Crippen molar-refractivity contribution in [2.75, 3.05) is 0 Å². The molecule has 0 spiro atoms. The first-order valence-electron chi connectivity index (χ1n) is 6.10. The van der Waals surface area contributed by atoms with Crippen LogP contribution in [0.25, 0.3) is 10.6 Å². The van der Waals surface area contributed by atoms with Gasteiger partial charge < -0.3 is 5.32 Å². The zero-order chi connectivity index (χ0) is 13.9. The summed E-state index contributed by atoms with van der Waals surface area (Å²) in [5.74, 6) is 0.0310. The first kappa shape index (κ1) is 13.7. The summed E-state index contributed by atoms with van der Waals surface area (Å²) in [4.78, 5) is 20.3.